The maximum atomic E-state index is 12.0. The molecule has 0 saturated carbocycles. The number of allylic oxidation sites excluding steroid dienone is 4. The molecule has 0 aliphatic heterocycles. The quantitative estimate of drug-likeness (QED) is 0.736. The summed E-state index contributed by atoms with van der Waals surface area (Å²) >= 11 is 5.83. The minimum atomic E-state index is -0.375. The van der Waals surface area contributed by atoms with Crippen LogP contribution in [0.25, 0.3) is 0 Å². The molecular weight excluding hydrogens is 262 g/mol. The van der Waals surface area contributed by atoms with Gasteiger partial charge < -0.3 is 0 Å². The molecule has 1 aliphatic carbocycles. The molecule has 0 heterocycles. The zero-order chi connectivity index (χ0) is 14.0. The lowest BCUT2D eigenvalue weighted by Gasteiger charge is -2.08. The molecule has 0 unspecified atom stereocenters. The number of hydrogen-bond acceptors (Lipinski definition) is 2. The van der Waals surface area contributed by atoms with Crippen LogP contribution in [0.5, 0.6) is 0 Å². The van der Waals surface area contributed by atoms with Crippen molar-refractivity contribution in [2.45, 2.75) is 13.8 Å². The van der Waals surface area contributed by atoms with Crippen LogP contribution < -0.4 is 0 Å². The van der Waals surface area contributed by atoms with Gasteiger partial charge in [0.05, 0.1) is 5.71 Å². The summed E-state index contributed by atoms with van der Waals surface area (Å²) in [7, 11) is 0. The molecular formula is C15H12ClNO2. The highest BCUT2D eigenvalue weighted by molar-refractivity contribution is 6.31. The predicted molar refractivity (Wildman–Crippen MR) is 75.7 cm³/mol. The fraction of sp³-hybridized carbons (Fsp3) is 0.133. The van der Waals surface area contributed by atoms with Crippen LogP contribution in [-0.2, 0) is 4.79 Å². The first-order chi connectivity index (χ1) is 8.97. The van der Waals surface area contributed by atoms with Gasteiger partial charge in [-0.15, -0.1) is 0 Å². The number of carbonyl (C=O) groups excluding carboxylic acids is 2. The second-order valence-corrected chi connectivity index (χ2v) is 4.77. The first-order valence-electron chi connectivity index (χ1n) is 5.77. The van der Waals surface area contributed by atoms with E-state index in [4.69, 9.17) is 11.6 Å². The normalized spacial score (nSPS) is 14.9. The Hall–Kier alpha value is -2.00. The number of ketones is 1. The smallest absolute Gasteiger partial charge is 0.277 e. The van der Waals surface area contributed by atoms with Gasteiger partial charge in [-0.05, 0) is 55.3 Å². The number of amides is 1. The minimum absolute atomic E-state index is 0.0193. The van der Waals surface area contributed by atoms with Gasteiger partial charge in [-0.1, -0.05) is 17.7 Å². The molecule has 0 saturated heterocycles. The molecule has 0 atom stereocenters. The molecule has 0 fully saturated rings. The van der Waals surface area contributed by atoms with Gasteiger partial charge in [0, 0.05) is 10.6 Å². The third-order valence-corrected chi connectivity index (χ3v) is 2.98. The number of hydrogen-bond donors (Lipinski definition) is 0. The SMILES string of the molecule is CC1=CC(=NC(=O)c2cccc(Cl)c2)C=C(C)C1=O. The van der Waals surface area contributed by atoms with Crippen molar-refractivity contribution in [3.63, 3.8) is 0 Å². The molecule has 1 aromatic rings. The van der Waals surface area contributed by atoms with Gasteiger partial charge in [0.15, 0.2) is 5.78 Å². The largest absolute Gasteiger partial charge is 0.289 e. The highest BCUT2D eigenvalue weighted by Gasteiger charge is 2.14. The lowest BCUT2D eigenvalue weighted by atomic mass is 9.98. The second kappa shape index (κ2) is 5.33. The van der Waals surface area contributed by atoms with Crippen molar-refractivity contribution in [3.05, 3.63) is 58.1 Å². The minimum Gasteiger partial charge on any atom is -0.289 e. The van der Waals surface area contributed by atoms with Crippen LogP contribution in [0.1, 0.15) is 24.2 Å². The number of benzene rings is 1. The first kappa shape index (κ1) is 13.4. The zero-order valence-corrected chi connectivity index (χ0v) is 11.4. The number of nitrogens with zero attached hydrogens (tertiary/aromatic N) is 1. The molecule has 4 heteroatoms. The predicted octanol–water partition coefficient (Wildman–Crippen LogP) is 3.40. The molecule has 96 valence electrons. The Bertz CT molecular complexity index is 630. The van der Waals surface area contributed by atoms with E-state index < -0.39 is 0 Å². The van der Waals surface area contributed by atoms with E-state index in [0.717, 1.165) is 0 Å². The molecule has 0 radical (unpaired) electrons. The van der Waals surface area contributed by atoms with E-state index >= 15 is 0 Å². The van der Waals surface area contributed by atoms with Gasteiger partial charge in [-0.2, -0.15) is 0 Å². The molecule has 3 nitrogen and oxygen atoms in total. The standard InChI is InChI=1S/C15H12ClNO2/c1-9-6-13(7-10(2)14(9)18)17-15(19)11-4-3-5-12(16)8-11/h3-8H,1-2H3. The molecule has 0 N–H and O–H groups in total. The van der Waals surface area contributed by atoms with Crippen molar-refractivity contribution >= 4 is 29.0 Å². The highest BCUT2D eigenvalue weighted by Crippen LogP contribution is 2.15. The van der Waals surface area contributed by atoms with Crippen LogP contribution >= 0.6 is 11.6 Å². The third kappa shape index (κ3) is 3.06. The van der Waals surface area contributed by atoms with Gasteiger partial charge in [-0.3, -0.25) is 9.59 Å². The van der Waals surface area contributed by atoms with E-state index in [1.54, 1.807) is 50.3 Å². The van der Waals surface area contributed by atoms with E-state index in [-0.39, 0.29) is 11.7 Å². The Morgan fingerprint density at radius 2 is 1.79 bits per heavy atom. The first-order valence-corrected chi connectivity index (χ1v) is 6.15. The van der Waals surface area contributed by atoms with Crippen LogP contribution in [0.2, 0.25) is 5.02 Å². The summed E-state index contributed by atoms with van der Waals surface area (Å²) in [5, 5.41) is 0.489. The van der Waals surface area contributed by atoms with Crippen LogP contribution in [0.4, 0.5) is 0 Å². The van der Waals surface area contributed by atoms with E-state index in [1.165, 1.54) is 0 Å². The van der Waals surface area contributed by atoms with E-state index in [9.17, 15) is 9.59 Å². The molecule has 2 rings (SSSR count). The monoisotopic (exact) mass is 273 g/mol. The summed E-state index contributed by atoms with van der Waals surface area (Å²) in [4.78, 5) is 27.5. The van der Waals surface area contributed by atoms with Gasteiger partial charge in [-0.25, -0.2) is 4.99 Å². The average molecular weight is 274 g/mol. The number of Topliss-reactive ketones (excluding diaryl/α,β-unsaturated/α-hetero) is 1. The van der Waals surface area contributed by atoms with Crippen molar-refractivity contribution in [1.82, 2.24) is 0 Å². The van der Waals surface area contributed by atoms with Gasteiger partial charge in [0.2, 0.25) is 0 Å². The Labute approximate surface area is 116 Å². The van der Waals surface area contributed by atoms with Crippen LogP contribution in [0, 0.1) is 0 Å². The second-order valence-electron chi connectivity index (χ2n) is 4.34. The summed E-state index contributed by atoms with van der Waals surface area (Å²) in [5.41, 5.74) is 2.07. The summed E-state index contributed by atoms with van der Waals surface area (Å²) < 4.78 is 0. The van der Waals surface area contributed by atoms with Gasteiger partial charge in [0.1, 0.15) is 0 Å². The number of rotatable bonds is 1. The van der Waals surface area contributed by atoms with Gasteiger partial charge in [0.25, 0.3) is 5.91 Å². The fourth-order valence-corrected chi connectivity index (χ4v) is 1.99. The molecule has 1 aromatic carbocycles. The average Bonchev–Trinajstić information content (AvgIpc) is 2.36. The van der Waals surface area contributed by atoms with Crippen LogP contribution in [0.15, 0.2) is 52.6 Å². The summed E-state index contributed by atoms with van der Waals surface area (Å²) in [6, 6.07) is 6.61. The van der Waals surface area contributed by atoms with Crippen LogP contribution in [-0.4, -0.2) is 17.4 Å². The Morgan fingerprint density at radius 1 is 1.16 bits per heavy atom. The third-order valence-electron chi connectivity index (χ3n) is 2.75. The molecule has 0 spiro atoms. The highest BCUT2D eigenvalue weighted by atomic mass is 35.5. The van der Waals surface area contributed by atoms with Crippen molar-refractivity contribution in [2.75, 3.05) is 0 Å². The molecule has 1 amide bonds. The van der Waals surface area contributed by atoms with Crippen molar-refractivity contribution in [3.8, 4) is 0 Å². The molecule has 0 aromatic heterocycles. The Balaban J connectivity index is 2.32. The summed E-state index contributed by atoms with van der Waals surface area (Å²) in [6.45, 7) is 3.41. The van der Waals surface area contributed by atoms with Crippen molar-refractivity contribution in [1.29, 1.82) is 0 Å². The molecule has 19 heavy (non-hydrogen) atoms. The Morgan fingerprint density at radius 3 is 2.37 bits per heavy atom. The lowest BCUT2D eigenvalue weighted by molar-refractivity contribution is -0.112. The lowest BCUT2D eigenvalue weighted by Crippen LogP contribution is -2.12. The Kier molecular flexibility index (Phi) is 3.76. The zero-order valence-electron chi connectivity index (χ0n) is 10.6. The maximum absolute atomic E-state index is 12.0. The molecule has 1 aliphatic rings. The maximum Gasteiger partial charge on any atom is 0.277 e. The fourth-order valence-electron chi connectivity index (χ4n) is 1.80. The van der Waals surface area contributed by atoms with E-state index in [2.05, 4.69) is 4.99 Å². The summed E-state index contributed by atoms with van der Waals surface area (Å²) in [5.74, 6) is -0.394. The van der Waals surface area contributed by atoms with Crippen molar-refractivity contribution in [2.24, 2.45) is 4.99 Å². The number of halogens is 1. The van der Waals surface area contributed by atoms with Crippen LogP contribution in [0.3, 0.4) is 0 Å². The molecule has 0 bridgehead atoms. The van der Waals surface area contributed by atoms with Crippen molar-refractivity contribution < 1.29 is 9.59 Å². The summed E-state index contributed by atoms with van der Waals surface area (Å²) in [6.07, 6.45) is 3.22. The van der Waals surface area contributed by atoms with E-state index in [1.807, 2.05) is 0 Å². The topological polar surface area (TPSA) is 46.5 Å². The number of carbonyl (C=O) groups is 2. The van der Waals surface area contributed by atoms with Gasteiger partial charge >= 0.3 is 0 Å². The number of aliphatic imine (C=N–C) groups is 1. The van der Waals surface area contributed by atoms with E-state index in [0.29, 0.717) is 27.4 Å².